The number of carbonyl (C=O) groups is 1. The lowest BCUT2D eigenvalue weighted by atomic mass is 10.0. The van der Waals surface area contributed by atoms with Crippen molar-refractivity contribution in [3.63, 3.8) is 0 Å². The summed E-state index contributed by atoms with van der Waals surface area (Å²) in [6.07, 6.45) is -2.63. The molecule has 1 heterocycles. The fraction of sp³-hybridized carbons (Fsp3) is 0.538. The van der Waals surface area contributed by atoms with Crippen LogP contribution in [0.2, 0.25) is 0 Å². The van der Waals surface area contributed by atoms with Crippen molar-refractivity contribution in [2.75, 3.05) is 11.9 Å². The van der Waals surface area contributed by atoms with E-state index in [4.69, 9.17) is 4.74 Å². The van der Waals surface area contributed by atoms with Crippen LogP contribution < -0.4 is 10.1 Å². The van der Waals surface area contributed by atoms with Gasteiger partial charge in [0.2, 0.25) is 0 Å². The molecule has 0 aliphatic heterocycles. The zero-order chi connectivity index (χ0) is 16.1. The monoisotopic (exact) mass is 306 g/mol. The van der Waals surface area contributed by atoms with E-state index in [0.29, 0.717) is 25.2 Å². The molecule has 0 saturated carbocycles. The largest absolute Gasteiger partial charge is 0.493 e. The summed E-state index contributed by atoms with van der Waals surface area (Å²) in [4.78, 5) is 14.4. The second-order valence-corrected chi connectivity index (χ2v) is 5.09. The first kappa shape index (κ1) is 17.2. The van der Waals surface area contributed by atoms with E-state index in [9.17, 15) is 23.1 Å². The number of alkyl halides is 3. The molecule has 1 aromatic rings. The quantitative estimate of drug-likeness (QED) is 0.792. The van der Waals surface area contributed by atoms with Crippen molar-refractivity contribution in [1.82, 2.24) is 4.98 Å². The lowest BCUT2D eigenvalue weighted by Crippen LogP contribution is -2.30. The highest BCUT2D eigenvalue weighted by molar-refractivity contribution is 5.94. The van der Waals surface area contributed by atoms with Gasteiger partial charge in [0.25, 0.3) is 0 Å². The number of rotatable bonds is 6. The van der Waals surface area contributed by atoms with Crippen molar-refractivity contribution >= 4 is 11.7 Å². The maximum Gasteiger partial charge on any atom is 0.471 e. The van der Waals surface area contributed by atoms with Gasteiger partial charge in [-0.3, -0.25) is 4.79 Å². The molecule has 0 bridgehead atoms. The summed E-state index contributed by atoms with van der Waals surface area (Å²) in [7, 11) is 0. The van der Waals surface area contributed by atoms with Crippen molar-refractivity contribution < 1.29 is 27.8 Å². The smallest absolute Gasteiger partial charge is 0.471 e. The molecule has 118 valence electrons. The first-order valence-electron chi connectivity index (χ1n) is 6.27. The molecule has 1 aromatic heterocycles. The minimum atomic E-state index is -4.97. The van der Waals surface area contributed by atoms with Crippen molar-refractivity contribution in [2.45, 2.75) is 38.5 Å². The minimum Gasteiger partial charge on any atom is -0.493 e. The Kier molecular flexibility index (Phi) is 5.54. The fourth-order valence-corrected chi connectivity index (χ4v) is 1.45. The molecular weight excluding hydrogens is 289 g/mol. The molecule has 0 aliphatic carbocycles. The molecule has 0 spiro atoms. The van der Waals surface area contributed by atoms with Gasteiger partial charge >= 0.3 is 12.1 Å². The van der Waals surface area contributed by atoms with E-state index in [-0.39, 0.29) is 5.82 Å². The third-order valence-electron chi connectivity index (χ3n) is 2.43. The van der Waals surface area contributed by atoms with Crippen LogP contribution in [0.25, 0.3) is 0 Å². The molecule has 1 rings (SSSR count). The SMILES string of the molecule is CC(C)(O)CCCOc1ccnc(NC(=O)C(F)(F)F)c1. The number of hydrogen-bond acceptors (Lipinski definition) is 4. The Morgan fingerprint density at radius 2 is 2.10 bits per heavy atom. The average Bonchev–Trinajstić information content (AvgIpc) is 2.33. The Hall–Kier alpha value is -1.83. The number of nitrogens with one attached hydrogen (secondary N) is 1. The van der Waals surface area contributed by atoms with Crippen LogP contribution in [0.1, 0.15) is 26.7 Å². The summed E-state index contributed by atoms with van der Waals surface area (Å²) in [5.41, 5.74) is -0.798. The third-order valence-corrected chi connectivity index (χ3v) is 2.43. The highest BCUT2D eigenvalue weighted by atomic mass is 19.4. The topological polar surface area (TPSA) is 71.5 Å². The number of ether oxygens (including phenoxy) is 1. The zero-order valence-corrected chi connectivity index (χ0v) is 11.7. The van der Waals surface area contributed by atoms with Gasteiger partial charge in [0.05, 0.1) is 12.2 Å². The molecule has 0 fully saturated rings. The highest BCUT2D eigenvalue weighted by Gasteiger charge is 2.38. The second kappa shape index (κ2) is 6.75. The Morgan fingerprint density at radius 3 is 2.67 bits per heavy atom. The number of halogens is 3. The molecule has 0 aliphatic rings. The van der Waals surface area contributed by atoms with Crippen LogP contribution in [-0.4, -0.2) is 34.4 Å². The Bertz CT molecular complexity index is 484. The number of carbonyl (C=O) groups excluding carboxylic acids is 1. The number of nitrogens with zero attached hydrogens (tertiary/aromatic N) is 1. The van der Waals surface area contributed by atoms with Crippen molar-refractivity contribution in [2.24, 2.45) is 0 Å². The summed E-state index contributed by atoms with van der Waals surface area (Å²) in [5.74, 6) is -2.04. The van der Waals surface area contributed by atoms with Crippen LogP contribution in [0.15, 0.2) is 18.3 Å². The molecule has 0 unspecified atom stereocenters. The molecule has 1 amide bonds. The van der Waals surface area contributed by atoms with Gasteiger partial charge in [0.1, 0.15) is 11.6 Å². The zero-order valence-electron chi connectivity index (χ0n) is 11.7. The number of aliphatic hydroxyl groups is 1. The number of pyridine rings is 1. The second-order valence-electron chi connectivity index (χ2n) is 5.09. The Morgan fingerprint density at radius 1 is 1.43 bits per heavy atom. The molecule has 0 aromatic carbocycles. The Balaban J connectivity index is 2.51. The van der Waals surface area contributed by atoms with E-state index in [1.807, 2.05) is 0 Å². The predicted octanol–water partition coefficient (Wildman–Crippen LogP) is 2.51. The molecule has 0 saturated heterocycles. The standard InChI is InChI=1S/C13H17F3N2O3/c1-12(2,20)5-3-7-21-9-4-6-17-10(8-9)18-11(19)13(14,15)16/h4,6,8,20H,3,5,7H2,1-2H3,(H,17,18,19). The van der Waals surface area contributed by atoms with Gasteiger partial charge in [-0.1, -0.05) is 0 Å². The number of aromatic nitrogens is 1. The van der Waals surface area contributed by atoms with Crippen molar-refractivity contribution in [3.8, 4) is 5.75 Å². The van der Waals surface area contributed by atoms with Gasteiger partial charge in [0, 0.05) is 12.3 Å². The van der Waals surface area contributed by atoms with Crippen molar-refractivity contribution in [3.05, 3.63) is 18.3 Å². The normalized spacial score (nSPS) is 12.1. The maximum absolute atomic E-state index is 12.1. The lowest BCUT2D eigenvalue weighted by Gasteiger charge is -2.16. The highest BCUT2D eigenvalue weighted by Crippen LogP contribution is 2.20. The Labute approximate surface area is 120 Å². The number of hydrogen-bond donors (Lipinski definition) is 2. The van der Waals surface area contributed by atoms with E-state index < -0.39 is 17.7 Å². The van der Waals surface area contributed by atoms with Gasteiger partial charge in [0.15, 0.2) is 0 Å². The van der Waals surface area contributed by atoms with E-state index in [1.165, 1.54) is 18.3 Å². The van der Waals surface area contributed by atoms with Gasteiger partial charge in [-0.2, -0.15) is 13.2 Å². The summed E-state index contributed by atoms with van der Waals surface area (Å²) in [6, 6.07) is 2.67. The first-order valence-corrected chi connectivity index (χ1v) is 6.27. The average molecular weight is 306 g/mol. The number of amides is 1. The summed E-state index contributed by atoms with van der Waals surface area (Å²) >= 11 is 0. The van der Waals surface area contributed by atoms with Crippen LogP contribution >= 0.6 is 0 Å². The molecule has 5 nitrogen and oxygen atoms in total. The minimum absolute atomic E-state index is 0.239. The van der Waals surface area contributed by atoms with Crippen LogP contribution in [0.5, 0.6) is 5.75 Å². The van der Waals surface area contributed by atoms with E-state index >= 15 is 0 Å². The van der Waals surface area contributed by atoms with Gasteiger partial charge < -0.3 is 15.2 Å². The van der Waals surface area contributed by atoms with E-state index in [0.717, 1.165) is 0 Å². The van der Waals surface area contributed by atoms with Crippen LogP contribution in [0.4, 0.5) is 19.0 Å². The van der Waals surface area contributed by atoms with Crippen LogP contribution in [-0.2, 0) is 4.79 Å². The maximum atomic E-state index is 12.1. The molecular formula is C13H17F3N2O3. The van der Waals surface area contributed by atoms with Gasteiger partial charge in [-0.15, -0.1) is 0 Å². The van der Waals surface area contributed by atoms with Crippen LogP contribution in [0, 0.1) is 0 Å². The van der Waals surface area contributed by atoms with Crippen LogP contribution in [0.3, 0.4) is 0 Å². The van der Waals surface area contributed by atoms with E-state index in [2.05, 4.69) is 4.98 Å². The fourth-order valence-electron chi connectivity index (χ4n) is 1.45. The first-order chi connectivity index (χ1) is 9.58. The van der Waals surface area contributed by atoms with E-state index in [1.54, 1.807) is 19.2 Å². The van der Waals surface area contributed by atoms with Crippen molar-refractivity contribution in [1.29, 1.82) is 0 Å². The predicted molar refractivity (Wildman–Crippen MR) is 69.9 cm³/mol. The van der Waals surface area contributed by atoms with Gasteiger partial charge in [-0.05, 0) is 32.8 Å². The molecule has 0 radical (unpaired) electrons. The molecule has 2 N–H and O–H groups in total. The molecule has 21 heavy (non-hydrogen) atoms. The summed E-state index contributed by atoms with van der Waals surface area (Å²) in [6.45, 7) is 3.63. The summed E-state index contributed by atoms with van der Waals surface area (Å²) in [5, 5.41) is 11.2. The van der Waals surface area contributed by atoms with Gasteiger partial charge in [-0.25, -0.2) is 4.98 Å². The third kappa shape index (κ3) is 6.94. The lowest BCUT2D eigenvalue weighted by molar-refractivity contribution is -0.167. The molecule has 0 atom stereocenters. The molecule has 8 heteroatoms. The summed E-state index contributed by atoms with van der Waals surface area (Å²) < 4.78 is 41.6. The number of anilines is 1.